The first-order valence-electron chi connectivity index (χ1n) is 3.68. The fourth-order valence-electron chi connectivity index (χ4n) is 1.13. The Morgan fingerprint density at radius 1 is 1.00 bits per heavy atom. The van der Waals surface area contributed by atoms with E-state index in [-0.39, 0.29) is 3.70 Å². The van der Waals surface area contributed by atoms with Crippen molar-refractivity contribution in [3.63, 3.8) is 0 Å². The predicted molar refractivity (Wildman–Crippen MR) is 55.8 cm³/mol. The van der Waals surface area contributed by atoms with Gasteiger partial charge in [-0.25, -0.2) is 11.1 Å². The monoisotopic (exact) mass is 287 g/mol. The highest BCUT2D eigenvalue weighted by Gasteiger charge is 2.00. The van der Waals surface area contributed by atoms with Gasteiger partial charge in [0, 0.05) is 5.39 Å². The van der Waals surface area contributed by atoms with Crippen molar-refractivity contribution in [3.05, 3.63) is 40.1 Å². The lowest BCUT2D eigenvalue weighted by Gasteiger charge is -1.94. The molecular weight excluding hydrogens is 281 g/mol. The summed E-state index contributed by atoms with van der Waals surface area (Å²) in [7, 11) is 0. The highest BCUT2D eigenvalue weighted by atomic mass is 127. The van der Waals surface area contributed by atoms with Crippen LogP contribution in [0.25, 0.3) is 10.9 Å². The summed E-state index contributed by atoms with van der Waals surface area (Å²) in [5, 5.41) is 0.962. The number of aromatic nitrogens is 1. The fourth-order valence-corrected chi connectivity index (χ4v) is 2.06. The molecule has 1 aromatic carbocycles. The molecule has 0 radical (unpaired) electrons. The van der Waals surface area contributed by atoms with Crippen molar-refractivity contribution in [3.8, 4) is 0 Å². The number of fused-ring (bicyclic) bond motifs is 1. The van der Waals surface area contributed by atoms with E-state index < -0.39 is 19.8 Å². The molecule has 0 fully saturated rings. The fraction of sp³-hybridized carbons (Fsp3) is 0. The third-order valence-electron chi connectivity index (χ3n) is 1.72. The topological polar surface area (TPSA) is 47.0 Å². The first-order valence-corrected chi connectivity index (χ1v) is 6.52. The molecule has 0 spiro atoms. The van der Waals surface area contributed by atoms with Gasteiger partial charge in [0.15, 0.2) is 3.70 Å². The van der Waals surface area contributed by atoms with E-state index in [0.29, 0.717) is 0 Å². The molecular formula is C9H6INO2. The van der Waals surface area contributed by atoms with E-state index in [2.05, 4.69) is 4.98 Å². The highest BCUT2D eigenvalue weighted by Crippen LogP contribution is 2.18. The Morgan fingerprint density at radius 2 is 1.77 bits per heavy atom. The lowest BCUT2D eigenvalue weighted by Crippen LogP contribution is -1.82. The molecule has 13 heavy (non-hydrogen) atoms. The van der Waals surface area contributed by atoms with Gasteiger partial charge in [0.05, 0.1) is 5.52 Å². The number of pyridine rings is 1. The SMILES string of the molecule is O=I(=O)c1ccc2ccccc2n1. The minimum Gasteiger partial charge on any atom is -0.236 e. The van der Waals surface area contributed by atoms with Gasteiger partial charge in [0.25, 0.3) is 0 Å². The van der Waals surface area contributed by atoms with E-state index >= 15 is 0 Å². The molecule has 0 atom stereocenters. The second kappa shape index (κ2) is 3.37. The summed E-state index contributed by atoms with van der Waals surface area (Å²) < 4.78 is 21.6. The number of nitrogens with zero attached hydrogens (tertiary/aromatic N) is 1. The van der Waals surface area contributed by atoms with Gasteiger partial charge in [-0.05, 0) is 12.1 Å². The van der Waals surface area contributed by atoms with Crippen LogP contribution in [-0.4, -0.2) is 4.98 Å². The summed E-state index contributed by atoms with van der Waals surface area (Å²) in [6.45, 7) is 0. The molecule has 0 aliphatic carbocycles. The third kappa shape index (κ3) is 1.67. The van der Waals surface area contributed by atoms with Gasteiger partial charge in [0.1, 0.15) is 0 Å². The third-order valence-corrected chi connectivity index (χ3v) is 3.23. The Labute approximate surface area is 81.9 Å². The minimum absolute atomic E-state index is 0.211. The van der Waals surface area contributed by atoms with Crippen molar-refractivity contribution in [2.45, 2.75) is 0 Å². The zero-order valence-corrected chi connectivity index (χ0v) is 8.76. The van der Waals surface area contributed by atoms with E-state index in [1.165, 1.54) is 0 Å². The van der Waals surface area contributed by atoms with E-state index in [1.54, 1.807) is 18.2 Å². The van der Waals surface area contributed by atoms with Crippen molar-refractivity contribution in [2.24, 2.45) is 0 Å². The van der Waals surface area contributed by atoms with Crippen LogP contribution in [0.15, 0.2) is 36.4 Å². The number of para-hydroxylation sites is 1. The molecule has 66 valence electrons. The lowest BCUT2D eigenvalue weighted by molar-refractivity contribution is 0.610. The van der Waals surface area contributed by atoms with Crippen molar-refractivity contribution in [1.29, 1.82) is 0 Å². The zero-order valence-electron chi connectivity index (χ0n) is 6.61. The molecule has 0 aliphatic rings. The summed E-state index contributed by atoms with van der Waals surface area (Å²) in [6, 6.07) is 10.8. The molecule has 1 heterocycles. The average molecular weight is 287 g/mol. The van der Waals surface area contributed by atoms with Crippen LogP contribution in [0.2, 0.25) is 0 Å². The molecule has 3 nitrogen and oxygen atoms in total. The average Bonchev–Trinajstić information content (AvgIpc) is 2.17. The van der Waals surface area contributed by atoms with Gasteiger partial charge in [0.2, 0.25) is 0 Å². The van der Waals surface area contributed by atoms with Crippen LogP contribution in [0.1, 0.15) is 0 Å². The maximum absolute atomic E-state index is 10.7. The van der Waals surface area contributed by atoms with Crippen LogP contribution in [0.5, 0.6) is 0 Å². The van der Waals surface area contributed by atoms with Gasteiger partial charge >= 0.3 is 19.8 Å². The molecule has 2 rings (SSSR count). The largest absolute Gasteiger partial charge is 0.359 e. The summed E-state index contributed by atoms with van der Waals surface area (Å²) >= 11 is -3.41. The van der Waals surface area contributed by atoms with Crippen LogP contribution < -0.4 is 0 Å². The van der Waals surface area contributed by atoms with Crippen LogP contribution in [-0.2, 0) is 6.14 Å². The smallest absolute Gasteiger partial charge is 0.236 e. The summed E-state index contributed by atoms with van der Waals surface area (Å²) in [4.78, 5) is 4.02. The Bertz CT molecular complexity index is 512. The van der Waals surface area contributed by atoms with Gasteiger partial charge in [-0.1, -0.05) is 24.3 Å². The number of hydrogen-bond acceptors (Lipinski definition) is 3. The maximum Gasteiger partial charge on any atom is 0.359 e. The van der Waals surface area contributed by atoms with Crippen LogP contribution in [0.4, 0.5) is 0 Å². The molecule has 0 N–H and O–H groups in total. The van der Waals surface area contributed by atoms with E-state index in [4.69, 9.17) is 0 Å². The highest BCUT2D eigenvalue weighted by molar-refractivity contribution is 14.2. The molecule has 2 aromatic rings. The maximum atomic E-state index is 10.7. The van der Waals surface area contributed by atoms with Crippen molar-refractivity contribution in [1.82, 2.24) is 4.98 Å². The van der Waals surface area contributed by atoms with E-state index in [9.17, 15) is 6.14 Å². The molecule has 1 aromatic heterocycles. The van der Waals surface area contributed by atoms with Gasteiger partial charge in [-0.15, -0.1) is 0 Å². The normalized spacial score (nSPS) is 10.8. The van der Waals surface area contributed by atoms with Crippen LogP contribution in [0.3, 0.4) is 0 Å². The quantitative estimate of drug-likeness (QED) is 0.598. The number of halogens is 1. The Morgan fingerprint density at radius 3 is 2.54 bits per heavy atom. The molecule has 0 amide bonds. The summed E-state index contributed by atoms with van der Waals surface area (Å²) in [5.74, 6) is 0. The molecule has 4 heteroatoms. The number of hydrogen-bond donors (Lipinski definition) is 0. The Kier molecular flexibility index (Phi) is 2.22. The lowest BCUT2D eigenvalue weighted by atomic mass is 10.2. The van der Waals surface area contributed by atoms with Crippen LogP contribution in [0, 0.1) is 3.70 Å². The minimum atomic E-state index is -3.41. The summed E-state index contributed by atoms with van der Waals surface area (Å²) in [5.41, 5.74) is 0.731. The second-order valence-electron chi connectivity index (χ2n) is 2.54. The zero-order chi connectivity index (χ0) is 9.26. The van der Waals surface area contributed by atoms with Gasteiger partial charge in [-0.2, -0.15) is 0 Å². The second-order valence-corrected chi connectivity index (χ2v) is 4.89. The van der Waals surface area contributed by atoms with E-state index in [0.717, 1.165) is 10.9 Å². The number of rotatable bonds is 1. The molecule has 0 saturated carbocycles. The molecule has 0 bridgehead atoms. The predicted octanol–water partition coefficient (Wildman–Crippen LogP) is 2.60. The van der Waals surface area contributed by atoms with Crippen molar-refractivity contribution in [2.75, 3.05) is 0 Å². The number of benzene rings is 1. The van der Waals surface area contributed by atoms with Gasteiger partial charge < -0.3 is 0 Å². The Balaban J connectivity index is 2.76. The summed E-state index contributed by atoms with van der Waals surface area (Å²) in [6.07, 6.45) is 0. The molecule has 0 aliphatic heterocycles. The Hall–Kier alpha value is -1.04. The standard InChI is InChI=1S/C9H6INO2/c12-10(13)9-6-5-7-3-1-2-4-8(7)11-9/h1-6H. The van der Waals surface area contributed by atoms with Crippen LogP contribution >= 0.6 is 19.8 Å². The van der Waals surface area contributed by atoms with Crippen molar-refractivity contribution < 1.29 is 6.14 Å². The first-order chi connectivity index (χ1) is 6.27. The van der Waals surface area contributed by atoms with Crippen molar-refractivity contribution >= 4 is 30.7 Å². The van der Waals surface area contributed by atoms with Gasteiger partial charge in [-0.3, -0.25) is 0 Å². The first kappa shape index (κ1) is 8.55. The van der Waals surface area contributed by atoms with E-state index in [1.807, 2.05) is 18.2 Å². The molecule has 0 saturated heterocycles. The molecule has 0 unspecified atom stereocenters.